The number of aromatic nitrogens is 2. The summed E-state index contributed by atoms with van der Waals surface area (Å²) in [5, 5.41) is 7.74. The fourth-order valence-electron chi connectivity index (χ4n) is 1.83. The van der Waals surface area contributed by atoms with Crippen molar-refractivity contribution in [2.24, 2.45) is 0 Å². The summed E-state index contributed by atoms with van der Waals surface area (Å²) in [6.07, 6.45) is 0. The summed E-state index contributed by atoms with van der Waals surface area (Å²) in [7, 11) is 0. The normalized spacial score (nSPS) is 10.8. The van der Waals surface area contributed by atoms with Gasteiger partial charge in [0.2, 0.25) is 0 Å². The van der Waals surface area contributed by atoms with E-state index in [2.05, 4.69) is 22.2 Å². The Kier molecular flexibility index (Phi) is 3.74. The molecule has 0 aliphatic carbocycles. The van der Waals surface area contributed by atoms with Crippen LogP contribution in [0, 0.1) is 13.8 Å². The van der Waals surface area contributed by atoms with Crippen molar-refractivity contribution in [1.82, 2.24) is 9.97 Å². The second kappa shape index (κ2) is 5.52. The first kappa shape index (κ1) is 13.5. The van der Waals surface area contributed by atoms with Gasteiger partial charge in [-0.15, -0.1) is 22.7 Å². The third-order valence-corrected chi connectivity index (χ3v) is 4.76. The molecule has 0 aliphatic rings. The molecule has 1 aromatic carbocycles. The third-order valence-electron chi connectivity index (χ3n) is 2.75. The minimum absolute atomic E-state index is 0.734. The Labute approximate surface area is 130 Å². The van der Waals surface area contributed by atoms with Crippen LogP contribution in [0.15, 0.2) is 29.6 Å². The van der Waals surface area contributed by atoms with Crippen molar-refractivity contribution >= 4 is 44.5 Å². The molecular formula is C14H12ClN3S2. The summed E-state index contributed by atoms with van der Waals surface area (Å²) in [4.78, 5) is 10.2. The molecule has 1 N–H and O–H groups in total. The summed E-state index contributed by atoms with van der Waals surface area (Å²) in [5.74, 6) is 0. The highest BCUT2D eigenvalue weighted by molar-refractivity contribution is 7.17. The van der Waals surface area contributed by atoms with E-state index in [1.165, 1.54) is 4.88 Å². The maximum absolute atomic E-state index is 5.92. The molecule has 6 heteroatoms. The molecule has 20 heavy (non-hydrogen) atoms. The van der Waals surface area contributed by atoms with Gasteiger partial charge in [-0.1, -0.05) is 23.7 Å². The fraction of sp³-hybridized carbons (Fsp3) is 0.143. The summed E-state index contributed by atoms with van der Waals surface area (Å²) in [5.41, 5.74) is 3.08. The van der Waals surface area contributed by atoms with Crippen molar-refractivity contribution < 1.29 is 0 Å². The Bertz CT molecular complexity index is 731. The molecule has 0 spiro atoms. The maximum Gasteiger partial charge on any atom is 0.189 e. The van der Waals surface area contributed by atoms with Crippen LogP contribution in [-0.4, -0.2) is 9.97 Å². The van der Waals surface area contributed by atoms with Gasteiger partial charge in [0, 0.05) is 20.8 Å². The molecule has 3 rings (SSSR count). The van der Waals surface area contributed by atoms with Crippen LogP contribution in [0.3, 0.4) is 0 Å². The average molecular weight is 322 g/mol. The molecule has 0 saturated heterocycles. The number of thiazole rings is 2. The smallest absolute Gasteiger partial charge is 0.189 e. The topological polar surface area (TPSA) is 37.8 Å². The van der Waals surface area contributed by atoms with Crippen LogP contribution in [0.1, 0.15) is 10.6 Å². The second-order valence-electron chi connectivity index (χ2n) is 4.35. The van der Waals surface area contributed by atoms with Crippen LogP contribution in [0.5, 0.6) is 0 Å². The zero-order valence-electron chi connectivity index (χ0n) is 11.0. The van der Waals surface area contributed by atoms with Gasteiger partial charge in [-0.3, -0.25) is 0 Å². The number of halogens is 1. The maximum atomic E-state index is 5.92. The van der Waals surface area contributed by atoms with Gasteiger partial charge in [0.05, 0.1) is 11.4 Å². The lowest BCUT2D eigenvalue weighted by atomic mass is 10.1. The van der Waals surface area contributed by atoms with E-state index in [-0.39, 0.29) is 0 Å². The molecule has 0 aliphatic heterocycles. The molecule has 0 radical (unpaired) electrons. The molecular weight excluding hydrogens is 310 g/mol. The Hall–Kier alpha value is -1.43. The lowest BCUT2D eigenvalue weighted by molar-refractivity contribution is 1.25. The highest BCUT2D eigenvalue weighted by Gasteiger charge is 2.11. The van der Waals surface area contributed by atoms with Crippen LogP contribution in [0.2, 0.25) is 5.02 Å². The Morgan fingerprint density at radius 1 is 1.05 bits per heavy atom. The van der Waals surface area contributed by atoms with Gasteiger partial charge in [-0.25, -0.2) is 9.97 Å². The van der Waals surface area contributed by atoms with Crippen molar-refractivity contribution in [3.63, 3.8) is 0 Å². The number of hydrogen-bond acceptors (Lipinski definition) is 5. The zero-order valence-corrected chi connectivity index (χ0v) is 13.4. The minimum Gasteiger partial charge on any atom is -0.307 e. The standard InChI is InChI=1S/C14H12ClN3S2/c1-8-7-19-13(16-8)18-14-17-12(9(2)20-14)10-3-5-11(15)6-4-10/h3-7H,1-2H3,(H,16,17,18). The molecule has 0 saturated carbocycles. The third kappa shape index (κ3) is 2.85. The van der Waals surface area contributed by atoms with E-state index >= 15 is 0 Å². The van der Waals surface area contributed by atoms with Gasteiger partial charge in [-0.05, 0) is 26.0 Å². The second-order valence-corrected chi connectivity index (χ2v) is 6.85. The summed E-state index contributed by atoms with van der Waals surface area (Å²) in [6, 6.07) is 7.74. The number of aryl methyl sites for hydroxylation is 2. The van der Waals surface area contributed by atoms with Crippen molar-refractivity contribution in [2.75, 3.05) is 5.32 Å². The molecule has 3 aromatic rings. The molecule has 0 fully saturated rings. The van der Waals surface area contributed by atoms with Crippen molar-refractivity contribution in [1.29, 1.82) is 0 Å². The minimum atomic E-state index is 0.734. The predicted molar refractivity (Wildman–Crippen MR) is 87.4 cm³/mol. The molecule has 2 heterocycles. The van der Waals surface area contributed by atoms with Crippen LogP contribution >= 0.6 is 34.3 Å². The zero-order chi connectivity index (χ0) is 14.1. The van der Waals surface area contributed by atoms with E-state index in [9.17, 15) is 0 Å². The number of rotatable bonds is 3. The summed E-state index contributed by atoms with van der Waals surface area (Å²) in [6.45, 7) is 4.05. The molecule has 3 nitrogen and oxygen atoms in total. The van der Waals surface area contributed by atoms with Gasteiger partial charge in [0.25, 0.3) is 0 Å². The van der Waals surface area contributed by atoms with E-state index < -0.39 is 0 Å². The van der Waals surface area contributed by atoms with Crippen molar-refractivity contribution in [3.8, 4) is 11.3 Å². The molecule has 0 amide bonds. The monoisotopic (exact) mass is 321 g/mol. The van der Waals surface area contributed by atoms with Crippen LogP contribution in [0.25, 0.3) is 11.3 Å². The summed E-state index contributed by atoms with van der Waals surface area (Å²) < 4.78 is 0. The van der Waals surface area contributed by atoms with Crippen LogP contribution < -0.4 is 5.32 Å². The highest BCUT2D eigenvalue weighted by Crippen LogP contribution is 2.33. The molecule has 0 atom stereocenters. The van der Waals surface area contributed by atoms with E-state index in [0.29, 0.717) is 0 Å². The number of anilines is 2. The lowest BCUT2D eigenvalue weighted by Gasteiger charge is -1.98. The first-order valence-electron chi connectivity index (χ1n) is 6.04. The van der Waals surface area contributed by atoms with Gasteiger partial charge >= 0.3 is 0 Å². The van der Waals surface area contributed by atoms with Crippen LogP contribution in [-0.2, 0) is 0 Å². The van der Waals surface area contributed by atoms with Gasteiger partial charge in [-0.2, -0.15) is 0 Å². The van der Waals surface area contributed by atoms with E-state index in [1.54, 1.807) is 22.7 Å². The first-order valence-corrected chi connectivity index (χ1v) is 8.12. The predicted octanol–water partition coefficient (Wildman–Crippen LogP) is 5.28. The van der Waals surface area contributed by atoms with E-state index in [0.717, 1.165) is 32.2 Å². The Morgan fingerprint density at radius 3 is 2.45 bits per heavy atom. The number of nitrogens with zero attached hydrogens (tertiary/aromatic N) is 2. The Morgan fingerprint density at radius 2 is 1.80 bits per heavy atom. The average Bonchev–Trinajstić information content (AvgIpc) is 2.97. The molecule has 0 bridgehead atoms. The highest BCUT2D eigenvalue weighted by atomic mass is 35.5. The van der Waals surface area contributed by atoms with Crippen molar-refractivity contribution in [2.45, 2.75) is 13.8 Å². The van der Waals surface area contributed by atoms with E-state index in [1.807, 2.05) is 36.6 Å². The SMILES string of the molecule is Cc1csc(Nc2nc(-c3ccc(Cl)cc3)c(C)s2)n1. The number of hydrogen-bond donors (Lipinski definition) is 1. The first-order chi connectivity index (χ1) is 9.61. The fourth-order valence-corrected chi connectivity index (χ4v) is 3.54. The molecule has 2 aromatic heterocycles. The largest absolute Gasteiger partial charge is 0.307 e. The van der Waals surface area contributed by atoms with Crippen molar-refractivity contribution in [3.05, 3.63) is 45.2 Å². The van der Waals surface area contributed by atoms with Crippen LogP contribution in [0.4, 0.5) is 10.3 Å². The molecule has 102 valence electrons. The number of benzene rings is 1. The lowest BCUT2D eigenvalue weighted by Crippen LogP contribution is -1.88. The Balaban J connectivity index is 1.89. The number of nitrogens with one attached hydrogen (secondary N) is 1. The van der Waals surface area contributed by atoms with Gasteiger partial charge in [0.1, 0.15) is 0 Å². The van der Waals surface area contributed by atoms with Gasteiger partial charge < -0.3 is 5.32 Å². The quantitative estimate of drug-likeness (QED) is 0.713. The molecule has 0 unspecified atom stereocenters. The summed E-state index contributed by atoms with van der Waals surface area (Å²) >= 11 is 9.13. The van der Waals surface area contributed by atoms with E-state index in [4.69, 9.17) is 11.6 Å². The van der Waals surface area contributed by atoms with Gasteiger partial charge in [0.15, 0.2) is 10.3 Å².